The van der Waals surface area contributed by atoms with E-state index in [1.165, 1.54) is 18.3 Å². The fourth-order valence-electron chi connectivity index (χ4n) is 1.11. The molecule has 2 heterocycles. The summed E-state index contributed by atoms with van der Waals surface area (Å²) in [5, 5.41) is 6.76. The van der Waals surface area contributed by atoms with Gasteiger partial charge in [-0.2, -0.15) is 13.2 Å². The Morgan fingerprint density at radius 1 is 1.19 bits per heavy atom. The molecule has 0 atom stereocenters. The molecule has 0 unspecified atom stereocenters. The van der Waals surface area contributed by atoms with E-state index in [0.29, 0.717) is 10.9 Å². The first-order valence-corrected chi connectivity index (χ1v) is 4.46. The molecule has 0 saturated carbocycles. The van der Waals surface area contributed by atoms with Crippen LogP contribution in [0.25, 0.3) is 5.69 Å². The SMILES string of the molecule is FC(F)(F)c1cnnn1-c1ccc(Cl)nc1. The lowest BCUT2D eigenvalue weighted by Crippen LogP contribution is -2.13. The summed E-state index contributed by atoms with van der Waals surface area (Å²) >= 11 is 5.52. The molecule has 0 aromatic carbocycles. The fourth-order valence-corrected chi connectivity index (χ4v) is 1.22. The predicted octanol–water partition coefficient (Wildman–Crippen LogP) is 2.33. The van der Waals surface area contributed by atoms with Crippen molar-refractivity contribution in [2.24, 2.45) is 0 Å². The van der Waals surface area contributed by atoms with Crippen LogP contribution >= 0.6 is 11.6 Å². The van der Waals surface area contributed by atoms with E-state index in [1.807, 2.05) is 0 Å². The summed E-state index contributed by atoms with van der Waals surface area (Å²) < 4.78 is 38.2. The zero-order valence-corrected chi connectivity index (χ0v) is 8.37. The van der Waals surface area contributed by atoms with Crippen LogP contribution in [0.3, 0.4) is 0 Å². The summed E-state index contributed by atoms with van der Waals surface area (Å²) in [6.45, 7) is 0. The highest BCUT2D eigenvalue weighted by Gasteiger charge is 2.36. The minimum Gasteiger partial charge on any atom is -0.242 e. The van der Waals surface area contributed by atoms with E-state index in [4.69, 9.17) is 11.6 Å². The smallest absolute Gasteiger partial charge is 0.242 e. The van der Waals surface area contributed by atoms with Crippen LogP contribution in [0.2, 0.25) is 5.15 Å². The Morgan fingerprint density at radius 3 is 2.50 bits per heavy atom. The number of rotatable bonds is 1. The Labute approximate surface area is 92.7 Å². The second-order valence-corrected chi connectivity index (χ2v) is 3.26. The lowest BCUT2D eigenvalue weighted by Gasteiger charge is -2.08. The first-order valence-electron chi connectivity index (χ1n) is 4.08. The Hall–Kier alpha value is -1.63. The Bertz CT molecular complexity index is 491. The second-order valence-electron chi connectivity index (χ2n) is 2.87. The topological polar surface area (TPSA) is 43.6 Å². The van der Waals surface area contributed by atoms with Crippen LogP contribution in [-0.4, -0.2) is 20.0 Å². The number of halogens is 4. The maximum atomic E-state index is 12.5. The molecule has 0 amide bonds. The summed E-state index contributed by atoms with van der Waals surface area (Å²) in [5.41, 5.74) is -0.814. The average molecular weight is 249 g/mol. The molecule has 2 aromatic heterocycles. The van der Waals surface area contributed by atoms with Gasteiger partial charge in [0.05, 0.1) is 18.1 Å². The van der Waals surface area contributed by atoms with E-state index in [2.05, 4.69) is 15.3 Å². The summed E-state index contributed by atoms with van der Waals surface area (Å²) in [6, 6.07) is 2.75. The van der Waals surface area contributed by atoms with Gasteiger partial charge in [0.25, 0.3) is 0 Å². The molecule has 16 heavy (non-hydrogen) atoms. The molecule has 0 aliphatic rings. The number of alkyl halides is 3. The number of nitrogens with zero attached hydrogens (tertiary/aromatic N) is 4. The lowest BCUT2D eigenvalue weighted by molar-refractivity contribution is -0.142. The lowest BCUT2D eigenvalue weighted by atomic mass is 10.4. The molecular weight excluding hydrogens is 245 g/mol. The van der Waals surface area contributed by atoms with Crippen molar-refractivity contribution >= 4 is 11.6 Å². The highest BCUT2D eigenvalue weighted by molar-refractivity contribution is 6.29. The van der Waals surface area contributed by atoms with Gasteiger partial charge in [0.1, 0.15) is 5.15 Å². The number of hydrogen-bond donors (Lipinski definition) is 0. The predicted molar refractivity (Wildman–Crippen MR) is 49.2 cm³/mol. The van der Waals surface area contributed by atoms with Crippen LogP contribution in [-0.2, 0) is 6.18 Å². The van der Waals surface area contributed by atoms with E-state index in [1.54, 1.807) is 0 Å². The highest BCUT2D eigenvalue weighted by atomic mass is 35.5. The Kier molecular flexibility index (Phi) is 2.55. The second kappa shape index (κ2) is 3.75. The van der Waals surface area contributed by atoms with Crippen LogP contribution < -0.4 is 0 Å². The Balaban J connectivity index is 2.49. The molecule has 4 nitrogen and oxygen atoms in total. The van der Waals surface area contributed by atoms with Crippen LogP contribution in [0, 0.1) is 0 Å². The monoisotopic (exact) mass is 248 g/mol. The standard InChI is InChI=1S/C8H4ClF3N4/c9-7-2-1-5(3-13-7)16-6(4-14-15-16)8(10,11)12/h1-4H. The molecule has 0 saturated heterocycles. The molecule has 0 spiro atoms. The molecule has 0 N–H and O–H groups in total. The molecule has 0 fully saturated rings. The summed E-state index contributed by atoms with van der Waals surface area (Å²) in [4.78, 5) is 3.67. The van der Waals surface area contributed by atoms with Gasteiger partial charge in [-0.15, -0.1) is 5.10 Å². The molecule has 2 rings (SSSR count). The van der Waals surface area contributed by atoms with Gasteiger partial charge in [0.2, 0.25) is 0 Å². The highest BCUT2D eigenvalue weighted by Crippen LogP contribution is 2.29. The minimum atomic E-state index is -4.51. The van der Waals surface area contributed by atoms with Gasteiger partial charge >= 0.3 is 6.18 Å². The van der Waals surface area contributed by atoms with Gasteiger partial charge in [-0.25, -0.2) is 9.67 Å². The quantitative estimate of drug-likeness (QED) is 0.728. The number of hydrogen-bond acceptors (Lipinski definition) is 3. The number of pyridine rings is 1. The van der Waals surface area contributed by atoms with Crippen molar-refractivity contribution in [3.8, 4) is 5.69 Å². The summed E-state index contributed by atoms with van der Waals surface area (Å²) in [5.74, 6) is 0. The van der Waals surface area contributed by atoms with E-state index in [9.17, 15) is 13.2 Å². The third kappa shape index (κ3) is 1.99. The van der Waals surface area contributed by atoms with Gasteiger partial charge in [0, 0.05) is 0 Å². The zero-order valence-electron chi connectivity index (χ0n) is 7.61. The van der Waals surface area contributed by atoms with Gasteiger partial charge in [-0.3, -0.25) is 0 Å². The summed E-state index contributed by atoms with van der Waals surface area (Å²) in [7, 11) is 0. The minimum absolute atomic E-state index is 0.147. The molecular formula is C8H4ClF3N4. The molecule has 84 valence electrons. The molecule has 2 aromatic rings. The Morgan fingerprint density at radius 2 is 1.94 bits per heavy atom. The van der Waals surface area contributed by atoms with Crippen molar-refractivity contribution in [2.75, 3.05) is 0 Å². The van der Waals surface area contributed by atoms with Crippen LogP contribution in [0.4, 0.5) is 13.2 Å². The van der Waals surface area contributed by atoms with Crippen LogP contribution in [0.15, 0.2) is 24.5 Å². The first kappa shape index (κ1) is 10.9. The summed E-state index contributed by atoms with van der Waals surface area (Å²) in [6.07, 6.45) is -2.68. The molecule has 0 radical (unpaired) electrons. The van der Waals surface area contributed by atoms with Gasteiger partial charge < -0.3 is 0 Å². The van der Waals surface area contributed by atoms with E-state index in [-0.39, 0.29) is 10.8 Å². The molecule has 0 aliphatic heterocycles. The van der Waals surface area contributed by atoms with E-state index in [0.717, 1.165) is 0 Å². The first-order chi connectivity index (χ1) is 7.48. The number of aromatic nitrogens is 4. The van der Waals surface area contributed by atoms with Crippen molar-refractivity contribution in [1.82, 2.24) is 20.0 Å². The largest absolute Gasteiger partial charge is 0.435 e. The van der Waals surface area contributed by atoms with Gasteiger partial charge in [-0.05, 0) is 12.1 Å². The van der Waals surface area contributed by atoms with E-state index < -0.39 is 11.9 Å². The fraction of sp³-hybridized carbons (Fsp3) is 0.125. The van der Waals surface area contributed by atoms with Gasteiger partial charge in [0.15, 0.2) is 5.69 Å². The molecule has 0 aliphatic carbocycles. The average Bonchev–Trinajstić information content (AvgIpc) is 2.66. The third-order valence-corrected chi connectivity index (χ3v) is 2.02. The molecule has 8 heteroatoms. The van der Waals surface area contributed by atoms with Crippen molar-refractivity contribution in [3.63, 3.8) is 0 Å². The van der Waals surface area contributed by atoms with Crippen molar-refractivity contribution in [1.29, 1.82) is 0 Å². The zero-order chi connectivity index (χ0) is 11.8. The normalized spacial score (nSPS) is 11.8. The van der Waals surface area contributed by atoms with Crippen LogP contribution in [0.1, 0.15) is 5.69 Å². The third-order valence-electron chi connectivity index (χ3n) is 1.80. The maximum absolute atomic E-state index is 12.5. The van der Waals surface area contributed by atoms with Gasteiger partial charge in [-0.1, -0.05) is 16.8 Å². The van der Waals surface area contributed by atoms with Crippen LogP contribution in [0.5, 0.6) is 0 Å². The van der Waals surface area contributed by atoms with Crippen molar-refractivity contribution in [2.45, 2.75) is 6.18 Å². The van der Waals surface area contributed by atoms with E-state index >= 15 is 0 Å². The maximum Gasteiger partial charge on any atom is 0.435 e. The van der Waals surface area contributed by atoms with Crippen molar-refractivity contribution in [3.05, 3.63) is 35.4 Å². The molecule has 0 bridgehead atoms. The van der Waals surface area contributed by atoms with Crippen molar-refractivity contribution < 1.29 is 13.2 Å².